The minimum atomic E-state index is -0.0701. The van der Waals surface area contributed by atoms with Crippen LogP contribution in [0, 0.1) is 13.8 Å². The molecule has 0 aliphatic heterocycles. The minimum absolute atomic E-state index is 0.00982. The fourth-order valence-corrected chi connectivity index (χ4v) is 2.49. The van der Waals surface area contributed by atoms with Gasteiger partial charge in [-0.3, -0.25) is 14.8 Å². The molecule has 0 radical (unpaired) electrons. The van der Waals surface area contributed by atoms with Gasteiger partial charge < -0.3 is 9.72 Å². The zero-order valence-electron chi connectivity index (χ0n) is 13.7. The van der Waals surface area contributed by atoms with Crippen molar-refractivity contribution < 1.29 is 9.53 Å². The van der Waals surface area contributed by atoms with Crippen LogP contribution in [0.4, 0.5) is 0 Å². The molecular weight excluding hydrogens is 302 g/mol. The maximum atomic E-state index is 11.9. The Hall–Kier alpha value is -2.95. The maximum absolute atomic E-state index is 11.9. The number of ketones is 1. The van der Waals surface area contributed by atoms with Crippen LogP contribution in [-0.4, -0.2) is 35.1 Å². The van der Waals surface area contributed by atoms with Gasteiger partial charge in [0.25, 0.3) is 0 Å². The third-order valence-electron chi connectivity index (χ3n) is 3.54. The van der Waals surface area contributed by atoms with Crippen molar-refractivity contribution in [3.8, 4) is 5.75 Å². The fourth-order valence-electron chi connectivity index (χ4n) is 2.49. The summed E-state index contributed by atoms with van der Waals surface area (Å²) in [5.41, 5.74) is 3.75. The third-order valence-corrected chi connectivity index (χ3v) is 3.54. The van der Waals surface area contributed by atoms with Gasteiger partial charge >= 0.3 is 0 Å². The predicted octanol–water partition coefficient (Wildman–Crippen LogP) is 3.25. The van der Waals surface area contributed by atoms with E-state index in [0.29, 0.717) is 5.75 Å². The van der Waals surface area contributed by atoms with Crippen molar-refractivity contribution in [1.82, 2.24) is 9.97 Å². The van der Waals surface area contributed by atoms with Crippen LogP contribution in [0.25, 0.3) is 10.9 Å². The lowest BCUT2D eigenvalue weighted by Gasteiger charge is -2.06. The van der Waals surface area contributed by atoms with Crippen LogP contribution < -0.4 is 4.74 Å². The number of carbonyl (C=O) groups is 1. The second-order valence-electron chi connectivity index (χ2n) is 5.71. The maximum Gasteiger partial charge on any atom is 0.191 e. The zero-order chi connectivity index (χ0) is 16.9. The SMILES string of the molecule is Cc1cc(OCC(=O)CN=Cc2ccc3cc[nH]c3c2)cc(C)n1. The summed E-state index contributed by atoms with van der Waals surface area (Å²) in [5.74, 6) is 0.592. The number of benzene rings is 1. The van der Waals surface area contributed by atoms with Gasteiger partial charge in [-0.05, 0) is 36.9 Å². The number of nitrogens with zero attached hydrogens (tertiary/aromatic N) is 2. The average molecular weight is 321 g/mol. The van der Waals surface area contributed by atoms with E-state index in [0.717, 1.165) is 27.9 Å². The molecule has 1 N–H and O–H groups in total. The number of rotatable bonds is 6. The van der Waals surface area contributed by atoms with Crippen LogP contribution in [0.15, 0.2) is 47.6 Å². The number of carbonyl (C=O) groups excluding carboxylic acids is 1. The summed E-state index contributed by atoms with van der Waals surface area (Å²) in [7, 11) is 0. The summed E-state index contributed by atoms with van der Waals surface area (Å²) in [6, 6.07) is 11.6. The molecule has 0 atom stereocenters. The molecule has 5 heteroatoms. The van der Waals surface area contributed by atoms with E-state index in [4.69, 9.17) is 4.74 Å². The lowest BCUT2D eigenvalue weighted by molar-refractivity contribution is -0.119. The molecule has 0 fully saturated rings. The third kappa shape index (κ3) is 4.07. The number of aliphatic imine (C=N–C) groups is 1. The molecule has 5 nitrogen and oxygen atoms in total. The summed E-state index contributed by atoms with van der Waals surface area (Å²) in [4.78, 5) is 23.5. The Kier molecular flexibility index (Phi) is 4.70. The number of aromatic amines is 1. The molecule has 0 aliphatic rings. The topological polar surface area (TPSA) is 67.3 Å². The molecule has 0 unspecified atom stereocenters. The molecule has 122 valence electrons. The molecule has 2 heterocycles. The number of Topliss-reactive ketones (excluding diaryl/α,β-unsaturated/α-hetero) is 1. The number of H-pyrrole nitrogens is 1. The number of pyridine rings is 1. The smallest absolute Gasteiger partial charge is 0.191 e. The number of hydrogen-bond donors (Lipinski definition) is 1. The van der Waals surface area contributed by atoms with Gasteiger partial charge in [0.2, 0.25) is 0 Å². The number of nitrogens with one attached hydrogen (secondary N) is 1. The van der Waals surface area contributed by atoms with E-state index in [1.165, 1.54) is 0 Å². The number of hydrogen-bond acceptors (Lipinski definition) is 4. The monoisotopic (exact) mass is 321 g/mol. The highest BCUT2D eigenvalue weighted by molar-refractivity contribution is 5.90. The molecule has 0 spiro atoms. The summed E-state index contributed by atoms with van der Waals surface area (Å²) >= 11 is 0. The Morgan fingerprint density at radius 3 is 2.79 bits per heavy atom. The molecule has 0 saturated heterocycles. The number of aryl methyl sites for hydroxylation is 2. The molecule has 1 aromatic carbocycles. The summed E-state index contributed by atoms with van der Waals surface area (Å²) < 4.78 is 5.51. The highest BCUT2D eigenvalue weighted by atomic mass is 16.5. The van der Waals surface area contributed by atoms with Gasteiger partial charge in [0.05, 0.1) is 0 Å². The first-order valence-electron chi connectivity index (χ1n) is 7.77. The van der Waals surface area contributed by atoms with Gasteiger partial charge in [0.1, 0.15) is 18.9 Å². The normalized spacial score (nSPS) is 11.2. The molecule has 0 amide bonds. The summed E-state index contributed by atoms with van der Waals surface area (Å²) in [5, 5.41) is 1.15. The van der Waals surface area contributed by atoms with Crippen molar-refractivity contribution >= 4 is 22.9 Å². The van der Waals surface area contributed by atoms with E-state index in [-0.39, 0.29) is 18.9 Å². The fraction of sp³-hybridized carbons (Fsp3) is 0.211. The van der Waals surface area contributed by atoms with Crippen LogP contribution >= 0.6 is 0 Å². The Bertz CT molecular complexity index is 876. The first kappa shape index (κ1) is 15.9. The Balaban J connectivity index is 1.53. The second kappa shape index (κ2) is 7.08. The minimum Gasteiger partial charge on any atom is -0.486 e. The quantitative estimate of drug-likeness (QED) is 0.709. The van der Waals surface area contributed by atoms with Crippen LogP contribution in [-0.2, 0) is 4.79 Å². The van der Waals surface area contributed by atoms with E-state index < -0.39 is 0 Å². The van der Waals surface area contributed by atoms with Gasteiger partial charge in [0, 0.05) is 41.4 Å². The molecule has 0 bridgehead atoms. The number of aromatic nitrogens is 2. The van der Waals surface area contributed by atoms with Crippen LogP contribution in [0.3, 0.4) is 0 Å². The average Bonchev–Trinajstić information content (AvgIpc) is 3.00. The highest BCUT2D eigenvalue weighted by Crippen LogP contribution is 2.14. The van der Waals surface area contributed by atoms with Gasteiger partial charge in [-0.2, -0.15) is 0 Å². The van der Waals surface area contributed by atoms with Crippen LogP contribution in [0.5, 0.6) is 5.75 Å². The van der Waals surface area contributed by atoms with Crippen molar-refractivity contribution in [3.63, 3.8) is 0 Å². The van der Waals surface area contributed by atoms with Crippen molar-refractivity contribution in [2.24, 2.45) is 4.99 Å². The second-order valence-corrected chi connectivity index (χ2v) is 5.71. The number of ether oxygens (including phenoxy) is 1. The van der Waals surface area contributed by atoms with E-state index in [2.05, 4.69) is 15.0 Å². The van der Waals surface area contributed by atoms with Crippen molar-refractivity contribution in [3.05, 3.63) is 59.5 Å². The molecule has 0 saturated carbocycles. The van der Waals surface area contributed by atoms with Gasteiger partial charge in [-0.25, -0.2) is 0 Å². The molecule has 3 aromatic rings. The lowest BCUT2D eigenvalue weighted by atomic mass is 10.2. The highest BCUT2D eigenvalue weighted by Gasteiger charge is 2.04. The van der Waals surface area contributed by atoms with E-state index in [9.17, 15) is 4.79 Å². The predicted molar refractivity (Wildman–Crippen MR) is 95.0 cm³/mol. The first-order chi connectivity index (χ1) is 11.6. The zero-order valence-corrected chi connectivity index (χ0v) is 13.7. The largest absolute Gasteiger partial charge is 0.486 e. The van der Waals surface area contributed by atoms with Crippen molar-refractivity contribution in [1.29, 1.82) is 0 Å². The molecule has 2 aromatic heterocycles. The lowest BCUT2D eigenvalue weighted by Crippen LogP contribution is -2.14. The molecular formula is C19H19N3O2. The van der Waals surface area contributed by atoms with Gasteiger partial charge in [-0.15, -0.1) is 0 Å². The van der Waals surface area contributed by atoms with Gasteiger partial charge in [0.15, 0.2) is 5.78 Å². The molecule has 24 heavy (non-hydrogen) atoms. The number of fused-ring (bicyclic) bond motifs is 1. The Labute approximate surface area is 140 Å². The van der Waals surface area contributed by atoms with Crippen molar-refractivity contribution in [2.45, 2.75) is 13.8 Å². The van der Waals surface area contributed by atoms with Crippen LogP contribution in [0.2, 0.25) is 0 Å². The van der Waals surface area contributed by atoms with Crippen LogP contribution in [0.1, 0.15) is 17.0 Å². The van der Waals surface area contributed by atoms with E-state index >= 15 is 0 Å². The first-order valence-corrected chi connectivity index (χ1v) is 7.77. The standard InChI is InChI=1S/C19H19N3O2/c1-13-7-18(8-14(2)22-13)24-12-17(23)11-20-10-15-3-4-16-5-6-21-19(16)9-15/h3-10,21H,11-12H2,1-2H3. The molecule has 3 rings (SSSR count). The van der Waals surface area contributed by atoms with Gasteiger partial charge in [-0.1, -0.05) is 12.1 Å². The Morgan fingerprint density at radius 2 is 2.00 bits per heavy atom. The summed E-state index contributed by atoms with van der Waals surface area (Å²) in [6.45, 7) is 3.90. The van der Waals surface area contributed by atoms with Crippen molar-refractivity contribution in [2.75, 3.05) is 13.2 Å². The van der Waals surface area contributed by atoms with E-state index in [1.54, 1.807) is 6.21 Å². The molecule has 0 aliphatic carbocycles. The Morgan fingerprint density at radius 1 is 1.21 bits per heavy atom. The van der Waals surface area contributed by atoms with E-state index in [1.807, 2.05) is 56.4 Å². The summed E-state index contributed by atoms with van der Waals surface area (Å²) in [6.07, 6.45) is 3.61.